The lowest BCUT2D eigenvalue weighted by atomic mass is 9.99. The van der Waals surface area contributed by atoms with E-state index in [2.05, 4.69) is 24.1 Å². The second kappa shape index (κ2) is 7.89. The van der Waals surface area contributed by atoms with Gasteiger partial charge in [-0.1, -0.05) is 18.2 Å². The summed E-state index contributed by atoms with van der Waals surface area (Å²) in [7, 11) is 1.52. The molecule has 1 heterocycles. The molecule has 0 spiro atoms. The van der Waals surface area contributed by atoms with Crippen LogP contribution in [0.2, 0.25) is 0 Å². The van der Waals surface area contributed by atoms with Crippen LogP contribution in [0.15, 0.2) is 48.2 Å². The van der Waals surface area contributed by atoms with E-state index in [1.807, 2.05) is 56.3 Å². The smallest absolute Gasteiger partial charge is 0.277 e. The minimum Gasteiger partial charge on any atom is -0.372 e. The number of nitrogens with one attached hydrogen (secondary N) is 1. The van der Waals surface area contributed by atoms with Crippen LogP contribution < -0.4 is 10.2 Å². The van der Waals surface area contributed by atoms with Gasteiger partial charge >= 0.3 is 0 Å². The highest BCUT2D eigenvalue weighted by atomic mass is 16.2. The summed E-state index contributed by atoms with van der Waals surface area (Å²) >= 11 is 0. The van der Waals surface area contributed by atoms with Gasteiger partial charge in [-0.25, -0.2) is 0 Å². The molecule has 2 aromatic carbocycles. The van der Waals surface area contributed by atoms with Gasteiger partial charge in [0.05, 0.1) is 5.57 Å². The largest absolute Gasteiger partial charge is 0.372 e. The Hall–Kier alpha value is -3.08. The molecule has 146 valence electrons. The molecule has 3 rings (SSSR count). The zero-order valence-corrected chi connectivity index (χ0v) is 17.2. The van der Waals surface area contributed by atoms with E-state index in [4.69, 9.17) is 0 Å². The molecule has 5 nitrogen and oxygen atoms in total. The number of carbonyl (C=O) groups excluding carboxylic acids is 2. The number of hydrogen-bond acceptors (Lipinski definition) is 4. The van der Waals surface area contributed by atoms with E-state index in [1.165, 1.54) is 7.05 Å². The zero-order chi connectivity index (χ0) is 20.4. The fraction of sp³-hybridized carbons (Fsp3) is 0.304. The van der Waals surface area contributed by atoms with Gasteiger partial charge in [0, 0.05) is 31.5 Å². The van der Waals surface area contributed by atoms with Gasteiger partial charge in [0.2, 0.25) is 0 Å². The lowest BCUT2D eigenvalue weighted by Crippen LogP contribution is -2.27. The zero-order valence-electron chi connectivity index (χ0n) is 17.2. The minimum atomic E-state index is -0.314. The first kappa shape index (κ1) is 19.7. The summed E-state index contributed by atoms with van der Waals surface area (Å²) in [6.07, 6.45) is 0. The van der Waals surface area contributed by atoms with Gasteiger partial charge in [0.1, 0.15) is 5.70 Å². The van der Waals surface area contributed by atoms with Crippen LogP contribution in [0.5, 0.6) is 0 Å². The number of hydrogen-bond donors (Lipinski definition) is 1. The van der Waals surface area contributed by atoms with Gasteiger partial charge in [0.25, 0.3) is 11.8 Å². The Morgan fingerprint density at radius 2 is 1.54 bits per heavy atom. The first-order valence-corrected chi connectivity index (χ1v) is 9.63. The molecular weight excluding hydrogens is 350 g/mol. The van der Waals surface area contributed by atoms with Crippen LogP contribution in [-0.2, 0) is 9.59 Å². The number of carbonyl (C=O) groups is 2. The Bertz CT molecular complexity index is 941. The molecule has 1 aliphatic rings. The molecular formula is C23H27N3O2. The third kappa shape index (κ3) is 3.52. The Morgan fingerprint density at radius 1 is 0.893 bits per heavy atom. The predicted octanol–water partition coefficient (Wildman–Crippen LogP) is 3.97. The molecule has 1 aliphatic heterocycles. The third-order valence-corrected chi connectivity index (χ3v) is 5.35. The normalized spacial score (nSPS) is 14.1. The second-order valence-electron chi connectivity index (χ2n) is 7.06. The molecule has 0 saturated heterocycles. The summed E-state index contributed by atoms with van der Waals surface area (Å²) in [5.41, 5.74) is 5.65. The summed E-state index contributed by atoms with van der Waals surface area (Å²) in [6.45, 7) is 10.1. The van der Waals surface area contributed by atoms with Gasteiger partial charge in [0.15, 0.2) is 0 Å². The first-order chi connectivity index (χ1) is 13.4. The maximum Gasteiger partial charge on any atom is 0.277 e. The quantitative estimate of drug-likeness (QED) is 0.774. The van der Waals surface area contributed by atoms with Crippen LogP contribution in [-0.4, -0.2) is 36.9 Å². The van der Waals surface area contributed by atoms with Gasteiger partial charge in [-0.3, -0.25) is 14.5 Å². The van der Waals surface area contributed by atoms with Crippen molar-refractivity contribution in [3.8, 4) is 0 Å². The molecule has 0 bridgehead atoms. The summed E-state index contributed by atoms with van der Waals surface area (Å²) in [5, 5.41) is 3.19. The molecule has 0 saturated carbocycles. The van der Waals surface area contributed by atoms with Crippen LogP contribution in [0.25, 0.3) is 5.57 Å². The van der Waals surface area contributed by atoms with Gasteiger partial charge in [-0.05, 0) is 68.7 Å². The molecule has 0 unspecified atom stereocenters. The summed E-state index contributed by atoms with van der Waals surface area (Å²) < 4.78 is 0. The highest BCUT2D eigenvalue weighted by Crippen LogP contribution is 2.31. The molecule has 0 aromatic heterocycles. The fourth-order valence-electron chi connectivity index (χ4n) is 3.41. The van der Waals surface area contributed by atoms with Crippen molar-refractivity contribution >= 4 is 28.8 Å². The molecule has 0 atom stereocenters. The Morgan fingerprint density at radius 3 is 2.11 bits per heavy atom. The van der Waals surface area contributed by atoms with Crippen LogP contribution in [0.3, 0.4) is 0 Å². The average Bonchev–Trinajstić information content (AvgIpc) is 2.90. The highest BCUT2D eigenvalue weighted by Gasteiger charge is 2.36. The van der Waals surface area contributed by atoms with E-state index < -0.39 is 0 Å². The lowest BCUT2D eigenvalue weighted by molar-refractivity contribution is -0.135. The predicted molar refractivity (Wildman–Crippen MR) is 114 cm³/mol. The summed E-state index contributed by atoms with van der Waals surface area (Å²) in [6, 6.07) is 13.8. The molecule has 0 fully saturated rings. The van der Waals surface area contributed by atoms with Crippen molar-refractivity contribution in [3.05, 3.63) is 64.9 Å². The Balaban J connectivity index is 1.98. The second-order valence-corrected chi connectivity index (χ2v) is 7.06. The van der Waals surface area contributed by atoms with E-state index in [0.717, 1.165) is 46.1 Å². The summed E-state index contributed by atoms with van der Waals surface area (Å²) in [4.78, 5) is 28.9. The van der Waals surface area contributed by atoms with Crippen molar-refractivity contribution in [2.75, 3.05) is 30.4 Å². The molecule has 0 radical (unpaired) electrons. The van der Waals surface area contributed by atoms with Crippen molar-refractivity contribution < 1.29 is 9.59 Å². The van der Waals surface area contributed by atoms with Crippen LogP contribution in [0.4, 0.5) is 11.4 Å². The first-order valence-electron chi connectivity index (χ1n) is 9.63. The lowest BCUT2D eigenvalue weighted by Gasteiger charge is -2.21. The van der Waals surface area contributed by atoms with E-state index in [-0.39, 0.29) is 11.8 Å². The van der Waals surface area contributed by atoms with Gasteiger partial charge in [-0.15, -0.1) is 0 Å². The van der Waals surface area contributed by atoms with E-state index >= 15 is 0 Å². The van der Waals surface area contributed by atoms with Crippen molar-refractivity contribution in [2.24, 2.45) is 0 Å². The van der Waals surface area contributed by atoms with Crippen LogP contribution in [0.1, 0.15) is 30.5 Å². The SMILES string of the molecule is CCN(CC)c1ccc(NC2=C(c3ccc(C)c(C)c3)C(=O)N(C)C2=O)cc1. The van der Waals surface area contributed by atoms with E-state index in [1.54, 1.807) is 0 Å². The topological polar surface area (TPSA) is 52.7 Å². The number of amides is 2. The van der Waals surface area contributed by atoms with Crippen molar-refractivity contribution in [3.63, 3.8) is 0 Å². The Kier molecular flexibility index (Phi) is 5.54. The molecule has 28 heavy (non-hydrogen) atoms. The maximum atomic E-state index is 12.7. The maximum absolute atomic E-state index is 12.7. The number of rotatable bonds is 6. The Labute approximate surface area is 166 Å². The molecule has 0 aliphatic carbocycles. The van der Waals surface area contributed by atoms with E-state index in [0.29, 0.717) is 11.3 Å². The highest BCUT2D eigenvalue weighted by molar-refractivity contribution is 6.36. The summed E-state index contributed by atoms with van der Waals surface area (Å²) in [5.74, 6) is -0.596. The number of nitrogens with zero attached hydrogens (tertiary/aromatic N) is 2. The molecule has 2 aromatic rings. The third-order valence-electron chi connectivity index (χ3n) is 5.35. The molecule has 2 amide bonds. The van der Waals surface area contributed by atoms with Crippen LogP contribution >= 0.6 is 0 Å². The molecule has 1 N–H and O–H groups in total. The average molecular weight is 377 g/mol. The fourth-order valence-corrected chi connectivity index (χ4v) is 3.41. The van der Waals surface area contributed by atoms with Crippen molar-refractivity contribution in [1.29, 1.82) is 0 Å². The number of aryl methyl sites for hydroxylation is 2. The minimum absolute atomic E-state index is 0.282. The number of anilines is 2. The van der Waals surface area contributed by atoms with E-state index in [9.17, 15) is 9.59 Å². The standard InChI is InChI=1S/C23H27N3O2/c1-6-26(7-2)19-12-10-18(11-13-19)24-21-20(22(27)25(5)23(21)28)17-9-8-15(3)16(4)14-17/h8-14,24H,6-7H2,1-5H3. The number of imide groups is 1. The molecule has 5 heteroatoms. The van der Waals surface area contributed by atoms with Gasteiger partial charge in [-0.2, -0.15) is 0 Å². The van der Waals surface area contributed by atoms with Crippen molar-refractivity contribution in [2.45, 2.75) is 27.7 Å². The van der Waals surface area contributed by atoms with Crippen LogP contribution in [0, 0.1) is 13.8 Å². The number of benzene rings is 2. The monoisotopic (exact) mass is 377 g/mol. The van der Waals surface area contributed by atoms with Crippen molar-refractivity contribution in [1.82, 2.24) is 4.90 Å². The van der Waals surface area contributed by atoms with Gasteiger partial charge < -0.3 is 10.2 Å². The number of likely N-dealkylation sites (N-methyl/N-ethyl adjacent to an activating group) is 1.